The molecule has 0 saturated carbocycles. The van der Waals surface area contributed by atoms with Gasteiger partial charge in [0.2, 0.25) is 0 Å². The first-order valence-electron chi connectivity index (χ1n) is 4.37. The third-order valence-electron chi connectivity index (χ3n) is 2.12. The molecule has 0 aliphatic heterocycles. The minimum absolute atomic E-state index is 0.0360. The monoisotopic (exact) mass is 273 g/mol. The summed E-state index contributed by atoms with van der Waals surface area (Å²) in [6.45, 7) is 0.0360. The van der Waals surface area contributed by atoms with Crippen molar-refractivity contribution in [2.24, 2.45) is 5.73 Å². The number of hydrogen-bond acceptors (Lipinski definition) is 3. The summed E-state index contributed by atoms with van der Waals surface area (Å²) in [6.07, 6.45) is 0. The fourth-order valence-electron chi connectivity index (χ4n) is 1.38. The Bertz CT molecular complexity index is 368. The van der Waals surface area contributed by atoms with Crippen LogP contribution in [0, 0.1) is 0 Å². The van der Waals surface area contributed by atoms with E-state index >= 15 is 0 Å². The van der Waals surface area contributed by atoms with E-state index in [0.717, 1.165) is 0 Å². The Morgan fingerprint density at radius 2 is 2.33 bits per heavy atom. The van der Waals surface area contributed by atoms with Crippen molar-refractivity contribution in [2.45, 2.75) is 5.92 Å². The molecule has 1 atom stereocenters. The summed E-state index contributed by atoms with van der Waals surface area (Å²) in [6, 6.07) is 5.26. The van der Waals surface area contributed by atoms with E-state index in [1.165, 1.54) is 7.11 Å². The van der Waals surface area contributed by atoms with Gasteiger partial charge in [0, 0.05) is 16.6 Å². The third-order valence-corrected chi connectivity index (χ3v) is 2.81. The maximum absolute atomic E-state index is 11.0. The number of aliphatic carboxylic acids is 1. The molecule has 5 heteroatoms. The Morgan fingerprint density at radius 1 is 1.67 bits per heavy atom. The van der Waals surface area contributed by atoms with Crippen LogP contribution in [0.5, 0.6) is 5.75 Å². The number of carboxylic acid groups (broad SMARTS) is 1. The van der Waals surface area contributed by atoms with E-state index in [1.807, 2.05) is 0 Å². The lowest BCUT2D eigenvalue weighted by Crippen LogP contribution is -2.22. The zero-order chi connectivity index (χ0) is 11.4. The predicted molar refractivity (Wildman–Crippen MR) is 60.1 cm³/mol. The number of halogens is 1. The second-order valence-electron chi connectivity index (χ2n) is 2.98. The van der Waals surface area contributed by atoms with E-state index in [0.29, 0.717) is 15.8 Å². The van der Waals surface area contributed by atoms with Gasteiger partial charge in [-0.05, 0) is 12.1 Å². The number of methoxy groups -OCH3 is 1. The Morgan fingerprint density at radius 3 is 2.80 bits per heavy atom. The topological polar surface area (TPSA) is 72.5 Å². The lowest BCUT2D eigenvalue weighted by Gasteiger charge is -2.15. The quantitative estimate of drug-likeness (QED) is 0.874. The van der Waals surface area contributed by atoms with Crippen molar-refractivity contribution < 1.29 is 14.6 Å². The van der Waals surface area contributed by atoms with E-state index in [-0.39, 0.29) is 6.54 Å². The number of ether oxygens (including phenoxy) is 1. The molecule has 1 unspecified atom stereocenters. The van der Waals surface area contributed by atoms with Gasteiger partial charge in [0.05, 0.1) is 13.0 Å². The van der Waals surface area contributed by atoms with Crippen LogP contribution in [0.15, 0.2) is 22.7 Å². The zero-order valence-electron chi connectivity index (χ0n) is 8.24. The second-order valence-corrected chi connectivity index (χ2v) is 3.84. The molecule has 4 nitrogen and oxygen atoms in total. The highest BCUT2D eigenvalue weighted by atomic mass is 79.9. The molecule has 0 aliphatic carbocycles. The average Bonchev–Trinajstić information content (AvgIpc) is 2.21. The van der Waals surface area contributed by atoms with Gasteiger partial charge in [-0.3, -0.25) is 4.79 Å². The molecule has 1 aromatic rings. The van der Waals surface area contributed by atoms with Crippen molar-refractivity contribution in [3.05, 3.63) is 28.2 Å². The van der Waals surface area contributed by atoms with E-state index in [9.17, 15) is 4.79 Å². The highest BCUT2D eigenvalue weighted by molar-refractivity contribution is 9.10. The van der Waals surface area contributed by atoms with Gasteiger partial charge < -0.3 is 15.6 Å². The molecule has 0 saturated heterocycles. The average molecular weight is 274 g/mol. The first kappa shape index (κ1) is 12.0. The number of hydrogen-bond donors (Lipinski definition) is 2. The van der Waals surface area contributed by atoms with Crippen LogP contribution in [0.1, 0.15) is 11.5 Å². The van der Waals surface area contributed by atoms with Crippen LogP contribution in [0.2, 0.25) is 0 Å². The molecule has 0 radical (unpaired) electrons. The molecule has 82 valence electrons. The number of carbonyl (C=O) groups is 1. The fourth-order valence-corrected chi connectivity index (χ4v) is 2.00. The Hall–Kier alpha value is -1.07. The summed E-state index contributed by atoms with van der Waals surface area (Å²) >= 11 is 3.30. The molecule has 1 rings (SSSR count). The van der Waals surface area contributed by atoms with Crippen molar-refractivity contribution in [3.63, 3.8) is 0 Å². The second kappa shape index (κ2) is 5.14. The predicted octanol–water partition coefficient (Wildman–Crippen LogP) is 1.58. The maximum Gasteiger partial charge on any atom is 0.312 e. The van der Waals surface area contributed by atoms with Crippen LogP contribution < -0.4 is 10.5 Å². The van der Waals surface area contributed by atoms with Gasteiger partial charge in [-0.2, -0.15) is 0 Å². The summed E-state index contributed by atoms with van der Waals surface area (Å²) in [5.74, 6) is -1.18. The van der Waals surface area contributed by atoms with Crippen LogP contribution in [0.4, 0.5) is 0 Å². The molecule has 3 N–H and O–H groups in total. The first-order chi connectivity index (χ1) is 7.11. The smallest absolute Gasteiger partial charge is 0.312 e. The molecule has 0 aliphatic rings. The summed E-state index contributed by atoms with van der Waals surface area (Å²) in [4.78, 5) is 11.0. The fraction of sp³-hybridized carbons (Fsp3) is 0.300. The summed E-state index contributed by atoms with van der Waals surface area (Å²) < 4.78 is 5.80. The normalized spacial score (nSPS) is 12.2. The van der Waals surface area contributed by atoms with Crippen molar-refractivity contribution in [1.29, 1.82) is 0 Å². The van der Waals surface area contributed by atoms with Crippen molar-refractivity contribution >= 4 is 21.9 Å². The highest BCUT2D eigenvalue weighted by Gasteiger charge is 2.24. The molecule has 1 aromatic carbocycles. The van der Waals surface area contributed by atoms with Gasteiger partial charge in [0.1, 0.15) is 5.75 Å². The maximum atomic E-state index is 11.0. The van der Waals surface area contributed by atoms with E-state index in [4.69, 9.17) is 15.6 Å². The molecule has 0 amide bonds. The lowest BCUT2D eigenvalue weighted by atomic mass is 9.98. The summed E-state index contributed by atoms with van der Waals surface area (Å²) in [7, 11) is 1.50. The van der Waals surface area contributed by atoms with Gasteiger partial charge in [-0.15, -0.1) is 0 Å². The van der Waals surface area contributed by atoms with Gasteiger partial charge in [-0.1, -0.05) is 22.0 Å². The first-order valence-corrected chi connectivity index (χ1v) is 5.16. The van der Waals surface area contributed by atoms with Crippen molar-refractivity contribution in [2.75, 3.05) is 13.7 Å². The lowest BCUT2D eigenvalue weighted by molar-refractivity contribution is -0.138. The SMILES string of the molecule is COc1cccc(Br)c1C(CN)C(=O)O. The number of rotatable bonds is 4. The van der Waals surface area contributed by atoms with Gasteiger partial charge in [-0.25, -0.2) is 0 Å². The molecule has 15 heavy (non-hydrogen) atoms. The van der Waals surface area contributed by atoms with Crippen LogP contribution in [0.25, 0.3) is 0 Å². The third kappa shape index (κ3) is 2.49. The number of carboxylic acids is 1. The number of benzene rings is 1. The van der Waals surface area contributed by atoms with Crippen molar-refractivity contribution in [1.82, 2.24) is 0 Å². The minimum Gasteiger partial charge on any atom is -0.496 e. The molecule has 0 fully saturated rings. The van der Waals surface area contributed by atoms with Gasteiger partial charge in [0.15, 0.2) is 0 Å². The number of nitrogens with two attached hydrogens (primary N) is 1. The van der Waals surface area contributed by atoms with Gasteiger partial charge in [0.25, 0.3) is 0 Å². The molecule has 0 bridgehead atoms. The zero-order valence-corrected chi connectivity index (χ0v) is 9.82. The van der Waals surface area contributed by atoms with Crippen molar-refractivity contribution in [3.8, 4) is 5.75 Å². The summed E-state index contributed by atoms with van der Waals surface area (Å²) in [5.41, 5.74) is 6.02. The van der Waals surface area contributed by atoms with E-state index < -0.39 is 11.9 Å². The minimum atomic E-state index is -0.956. The van der Waals surface area contributed by atoms with Crippen LogP contribution in [-0.2, 0) is 4.79 Å². The molecular formula is C10H12BrNO3. The van der Waals surface area contributed by atoms with Crippen LogP contribution >= 0.6 is 15.9 Å². The van der Waals surface area contributed by atoms with E-state index in [2.05, 4.69) is 15.9 Å². The largest absolute Gasteiger partial charge is 0.496 e. The Kier molecular flexibility index (Phi) is 4.11. The van der Waals surface area contributed by atoms with Gasteiger partial charge >= 0.3 is 5.97 Å². The molecule has 0 aromatic heterocycles. The summed E-state index contributed by atoms with van der Waals surface area (Å²) in [5, 5.41) is 9.01. The van der Waals surface area contributed by atoms with E-state index in [1.54, 1.807) is 18.2 Å². The Labute approximate surface area is 96.2 Å². The van der Waals surface area contributed by atoms with Crippen LogP contribution in [-0.4, -0.2) is 24.7 Å². The standard InChI is InChI=1S/C10H12BrNO3/c1-15-8-4-2-3-7(11)9(8)6(5-12)10(13)14/h2-4,6H,5,12H2,1H3,(H,13,14). The Balaban J connectivity index is 3.26. The molecular weight excluding hydrogens is 262 g/mol. The highest BCUT2D eigenvalue weighted by Crippen LogP contribution is 2.33. The molecule has 0 spiro atoms. The van der Waals surface area contributed by atoms with Crippen LogP contribution in [0.3, 0.4) is 0 Å². The molecule has 0 heterocycles.